The Morgan fingerprint density at radius 3 is 2.30 bits per heavy atom. The Morgan fingerprint density at radius 2 is 1.65 bits per heavy atom. The zero-order valence-corrected chi connectivity index (χ0v) is 11.0. The Kier molecular flexibility index (Phi) is 3.61. The van der Waals surface area contributed by atoms with Gasteiger partial charge >= 0.3 is 0 Å². The van der Waals surface area contributed by atoms with Crippen LogP contribution >= 0.6 is 0 Å². The van der Waals surface area contributed by atoms with Crippen molar-refractivity contribution in [2.45, 2.75) is 12.5 Å². The molecule has 2 N–H and O–H groups in total. The molecule has 0 saturated heterocycles. The van der Waals surface area contributed by atoms with Gasteiger partial charge in [0.05, 0.1) is 6.10 Å². The summed E-state index contributed by atoms with van der Waals surface area (Å²) in [7, 11) is 0. The van der Waals surface area contributed by atoms with Crippen LogP contribution in [0.1, 0.15) is 17.5 Å². The third-order valence-corrected chi connectivity index (χ3v) is 3.34. The van der Waals surface area contributed by atoms with Gasteiger partial charge in [-0.25, -0.2) is 4.98 Å². The Labute approximate surface area is 117 Å². The number of rotatable bonds is 4. The summed E-state index contributed by atoms with van der Waals surface area (Å²) in [5.74, 6) is 0.796. The first kappa shape index (κ1) is 12.6. The largest absolute Gasteiger partial charge is 0.388 e. The molecule has 2 aromatic carbocycles. The molecule has 0 aliphatic rings. The summed E-state index contributed by atoms with van der Waals surface area (Å²) >= 11 is 0. The zero-order valence-electron chi connectivity index (χ0n) is 11.0. The van der Waals surface area contributed by atoms with Crippen molar-refractivity contribution in [2.24, 2.45) is 0 Å². The van der Waals surface area contributed by atoms with Crippen LogP contribution < -0.4 is 0 Å². The number of hydrogen-bond donors (Lipinski definition) is 2. The minimum atomic E-state index is -0.536. The minimum absolute atomic E-state index is 0.498. The van der Waals surface area contributed by atoms with Gasteiger partial charge in [0.1, 0.15) is 5.82 Å². The van der Waals surface area contributed by atoms with Crippen molar-refractivity contribution >= 4 is 0 Å². The van der Waals surface area contributed by atoms with Crippen molar-refractivity contribution in [3.63, 3.8) is 0 Å². The van der Waals surface area contributed by atoms with Crippen LogP contribution in [0.2, 0.25) is 0 Å². The van der Waals surface area contributed by atoms with Gasteiger partial charge in [-0.3, -0.25) is 0 Å². The third-order valence-electron chi connectivity index (χ3n) is 3.34. The van der Waals surface area contributed by atoms with Gasteiger partial charge in [-0.05, 0) is 16.7 Å². The van der Waals surface area contributed by atoms with Gasteiger partial charge in [-0.1, -0.05) is 54.6 Å². The molecule has 3 aromatic rings. The van der Waals surface area contributed by atoms with Crippen LogP contribution in [-0.4, -0.2) is 15.1 Å². The maximum Gasteiger partial charge on any atom is 0.108 e. The number of aliphatic hydroxyl groups excluding tert-OH is 1. The maximum atomic E-state index is 10.2. The maximum absolute atomic E-state index is 10.2. The molecule has 1 heterocycles. The second-order valence-electron chi connectivity index (χ2n) is 4.74. The van der Waals surface area contributed by atoms with E-state index in [2.05, 4.69) is 22.1 Å². The normalized spacial score (nSPS) is 12.2. The first-order valence-corrected chi connectivity index (χ1v) is 6.64. The fraction of sp³-hybridized carbons (Fsp3) is 0.118. The predicted octanol–water partition coefficient (Wildman–Crippen LogP) is 3.35. The highest BCUT2D eigenvalue weighted by atomic mass is 16.3. The quantitative estimate of drug-likeness (QED) is 0.759. The van der Waals surface area contributed by atoms with Gasteiger partial charge in [-0.2, -0.15) is 0 Å². The smallest absolute Gasteiger partial charge is 0.108 e. The molecule has 0 radical (unpaired) electrons. The lowest BCUT2D eigenvalue weighted by atomic mass is 10.0. The second-order valence-corrected chi connectivity index (χ2v) is 4.74. The van der Waals surface area contributed by atoms with E-state index in [1.807, 2.05) is 42.5 Å². The van der Waals surface area contributed by atoms with E-state index in [1.54, 1.807) is 12.4 Å². The molecule has 3 rings (SSSR count). The lowest BCUT2D eigenvalue weighted by Gasteiger charge is -2.10. The molecule has 1 atom stereocenters. The van der Waals surface area contributed by atoms with Crippen LogP contribution in [0.4, 0.5) is 0 Å². The molecule has 0 spiro atoms. The summed E-state index contributed by atoms with van der Waals surface area (Å²) in [6.45, 7) is 0. The van der Waals surface area contributed by atoms with E-state index in [4.69, 9.17) is 0 Å². The molecule has 3 nitrogen and oxygen atoms in total. The molecule has 0 bridgehead atoms. The van der Waals surface area contributed by atoms with Gasteiger partial charge in [0, 0.05) is 18.8 Å². The number of aromatic nitrogens is 2. The molecule has 3 heteroatoms. The van der Waals surface area contributed by atoms with Crippen molar-refractivity contribution in [1.29, 1.82) is 0 Å². The number of hydrogen-bond acceptors (Lipinski definition) is 2. The van der Waals surface area contributed by atoms with Gasteiger partial charge < -0.3 is 10.1 Å². The van der Waals surface area contributed by atoms with Gasteiger partial charge in [0.15, 0.2) is 0 Å². The van der Waals surface area contributed by atoms with Gasteiger partial charge in [0.25, 0.3) is 0 Å². The van der Waals surface area contributed by atoms with Crippen LogP contribution in [0, 0.1) is 0 Å². The molecule has 0 fully saturated rings. The van der Waals surface area contributed by atoms with E-state index in [1.165, 1.54) is 5.56 Å². The van der Waals surface area contributed by atoms with Crippen LogP contribution in [0.15, 0.2) is 67.0 Å². The molecular formula is C17H16N2O. The van der Waals surface area contributed by atoms with E-state index >= 15 is 0 Å². The summed E-state index contributed by atoms with van der Waals surface area (Å²) in [6.07, 6.45) is 3.42. The average molecular weight is 264 g/mol. The Morgan fingerprint density at radius 1 is 0.950 bits per heavy atom. The Balaban J connectivity index is 1.76. The second kappa shape index (κ2) is 5.72. The SMILES string of the molecule is OC(Cc1ncc[nH]1)c1ccc(-c2ccccc2)cc1. The third kappa shape index (κ3) is 2.78. The summed E-state index contributed by atoms with van der Waals surface area (Å²) in [5.41, 5.74) is 3.24. The molecule has 0 aliphatic carbocycles. The first-order chi connectivity index (χ1) is 9.83. The van der Waals surface area contributed by atoms with Crippen LogP contribution in [0.5, 0.6) is 0 Å². The highest BCUT2D eigenvalue weighted by molar-refractivity contribution is 5.63. The predicted molar refractivity (Wildman–Crippen MR) is 79.1 cm³/mol. The van der Waals surface area contributed by atoms with E-state index < -0.39 is 6.10 Å². The van der Waals surface area contributed by atoms with Crippen molar-refractivity contribution in [1.82, 2.24) is 9.97 Å². The summed E-state index contributed by atoms with van der Waals surface area (Å²) < 4.78 is 0. The number of nitrogens with one attached hydrogen (secondary N) is 1. The highest BCUT2D eigenvalue weighted by Crippen LogP contribution is 2.23. The average Bonchev–Trinajstić information content (AvgIpc) is 3.01. The monoisotopic (exact) mass is 264 g/mol. The standard InChI is InChI=1S/C17H16N2O/c20-16(12-17-18-10-11-19-17)15-8-6-14(7-9-15)13-4-2-1-3-5-13/h1-11,16,20H,12H2,(H,18,19). The van der Waals surface area contributed by atoms with E-state index in [0.717, 1.165) is 17.0 Å². The molecule has 0 amide bonds. The Bertz CT molecular complexity index is 645. The minimum Gasteiger partial charge on any atom is -0.388 e. The van der Waals surface area contributed by atoms with E-state index in [-0.39, 0.29) is 0 Å². The summed E-state index contributed by atoms with van der Waals surface area (Å²) in [6, 6.07) is 18.2. The molecule has 1 unspecified atom stereocenters. The molecule has 0 saturated carbocycles. The molecule has 0 aliphatic heterocycles. The Hall–Kier alpha value is -2.39. The topological polar surface area (TPSA) is 48.9 Å². The number of benzene rings is 2. The number of imidazole rings is 1. The van der Waals surface area contributed by atoms with Gasteiger partial charge in [0.2, 0.25) is 0 Å². The molecule has 20 heavy (non-hydrogen) atoms. The van der Waals surface area contributed by atoms with Crippen molar-refractivity contribution in [3.8, 4) is 11.1 Å². The summed E-state index contributed by atoms with van der Waals surface area (Å²) in [4.78, 5) is 7.14. The molecular weight excluding hydrogens is 248 g/mol. The lowest BCUT2D eigenvalue weighted by Crippen LogP contribution is -2.03. The van der Waals surface area contributed by atoms with E-state index in [9.17, 15) is 5.11 Å². The highest BCUT2D eigenvalue weighted by Gasteiger charge is 2.10. The summed E-state index contributed by atoms with van der Waals surface area (Å²) in [5, 5.41) is 10.2. The van der Waals surface area contributed by atoms with Crippen LogP contribution in [0.25, 0.3) is 11.1 Å². The number of aliphatic hydroxyl groups is 1. The first-order valence-electron chi connectivity index (χ1n) is 6.64. The number of H-pyrrole nitrogens is 1. The van der Waals surface area contributed by atoms with E-state index in [0.29, 0.717) is 6.42 Å². The number of aromatic amines is 1. The number of nitrogens with zero attached hydrogens (tertiary/aromatic N) is 1. The lowest BCUT2D eigenvalue weighted by molar-refractivity contribution is 0.176. The van der Waals surface area contributed by atoms with Crippen molar-refractivity contribution < 1.29 is 5.11 Å². The van der Waals surface area contributed by atoms with Crippen molar-refractivity contribution in [2.75, 3.05) is 0 Å². The van der Waals surface area contributed by atoms with Crippen molar-refractivity contribution in [3.05, 3.63) is 78.4 Å². The fourth-order valence-electron chi connectivity index (χ4n) is 2.24. The molecule has 1 aromatic heterocycles. The molecule has 100 valence electrons. The van der Waals surface area contributed by atoms with Gasteiger partial charge in [-0.15, -0.1) is 0 Å². The van der Waals surface area contributed by atoms with Crippen LogP contribution in [-0.2, 0) is 6.42 Å². The van der Waals surface area contributed by atoms with Crippen LogP contribution in [0.3, 0.4) is 0 Å². The fourth-order valence-corrected chi connectivity index (χ4v) is 2.24. The zero-order chi connectivity index (χ0) is 13.8.